The molecule has 1 rings (SSSR count). The summed E-state index contributed by atoms with van der Waals surface area (Å²) < 4.78 is 4.36. The molecule has 0 bridgehead atoms. The van der Waals surface area contributed by atoms with Crippen LogP contribution in [0.5, 0.6) is 0 Å². The second kappa shape index (κ2) is 3.70. The SMILES string of the molecule is COC(=O)c1nnc(N=C=O)s1. The first-order valence-corrected chi connectivity index (χ1v) is 3.59. The summed E-state index contributed by atoms with van der Waals surface area (Å²) in [4.78, 5) is 23.7. The van der Waals surface area contributed by atoms with Crippen molar-refractivity contribution >= 4 is 28.5 Å². The molecule has 0 aliphatic rings. The molecule has 6 nitrogen and oxygen atoms in total. The fraction of sp³-hybridized carbons (Fsp3) is 0.200. The van der Waals surface area contributed by atoms with Gasteiger partial charge in [-0.2, -0.15) is 0 Å². The number of rotatable bonds is 2. The first kappa shape index (κ1) is 8.51. The molecule has 0 atom stereocenters. The smallest absolute Gasteiger partial charge is 0.369 e. The van der Waals surface area contributed by atoms with Crippen molar-refractivity contribution in [3.05, 3.63) is 5.01 Å². The van der Waals surface area contributed by atoms with E-state index in [-0.39, 0.29) is 10.1 Å². The molecular formula is C5H3N3O3S. The number of nitrogens with zero attached hydrogens (tertiary/aromatic N) is 3. The Morgan fingerprint density at radius 3 is 3.00 bits per heavy atom. The minimum absolute atomic E-state index is 0.0616. The van der Waals surface area contributed by atoms with E-state index in [1.54, 1.807) is 0 Å². The molecule has 0 N–H and O–H groups in total. The van der Waals surface area contributed by atoms with Gasteiger partial charge in [-0.1, -0.05) is 11.3 Å². The highest BCUT2D eigenvalue weighted by Crippen LogP contribution is 2.17. The molecule has 0 amide bonds. The highest BCUT2D eigenvalue weighted by Gasteiger charge is 2.11. The van der Waals surface area contributed by atoms with Gasteiger partial charge >= 0.3 is 5.97 Å². The molecule has 7 heteroatoms. The molecule has 1 aromatic rings. The summed E-state index contributed by atoms with van der Waals surface area (Å²) in [5.74, 6) is -0.597. The Morgan fingerprint density at radius 1 is 1.67 bits per heavy atom. The van der Waals surface area contributed by atoms with Crippen molar-refractivity contribution in [2.24, 2.45) is 4.99 Å². The molecule has 0 saturated carbocycles. The predicted molar refractivity (Wildman–Crippen MR) is 39.0 cm³/mol. The summed E-state index contributed by atoms with van der Waals surface area (Å²) >= 11 is 0.864. The average molecular weight is 185 g/mol. The second-order valence-corrected chi connectivity index (χ2v) is 2.54. The minimum atomic E-state index is -0.597. The fourth-order valence-electron chi connectivity index (χ4n) is 0.470. The summed E-state index contributed by atoms with van der Waals surface area (Å²) in [6, 6.07) is 0. The average Bonchev–Trinajstić information content (AvgIpc) is 2.52. The topological polar surface area (TPSA) is 81.5 Å². The lowest BCUT2D eigenvalue weighted by molar-refractivity contribution is 0.0599. The van der Waals surface area contributed by atoms with Gasteiger partial charge in [-0.25, -0.2) is 9.59 Å². The third-order valence-electron chi connectivity index (χ3n) is 0.916. The molecule has 1 heterocycles. The van der Waals surface area contributed by atoms with Gasteiger partial charge in [-0.15, -0.1) is 15.2 Å². The van der Waals surface area contributed by atoms with Crippen molar-refractivity contribution in [2.75, 3.05) is 7.11 Å². The molecule has 0 spiro atoms. The largest absolute Gasteiger partial charge is 0.464 e. The van der Waals surface area contributed by atoms with Crippen LogP contribution in [0.1, 0.15) is 9.80 Å². The van der Waals surface area contributed by atoms with Gasteiger partial charge in [0.05, 0.1) is 7.11 Å². The normalized spacial score (nSPS) is 8.75. The summed E-state index contributed by atoms with van der Waals surface area (Å²) in [7, 11) is 1.23. The third kappa shape index (κ3) is 1.71. The highest BCUT2D eigenvalue weighted by atomic mass is 32.1. The summed E-state index contributed by atoms with van der Waals surface area (Å²) in [6.07, 6.45) is 1.29. The molecule has 0 aliphatic carbocycles. The van der Waals surface area contributed by atoms with Gasteiger partial charge in [-0.05, 0) is 0 Å². The molecule has 0 radical (unpaired) electrons. The van der Waals surface area contributed by atoms with E-state index in [2.05, 4.69) is 19.9 Å². The lowest BCUT2D eigenvalue weighted by atomic mass is 10.7. The van der Waals surface area contributed by atoms with Gasteiger partial charge in [-0.3, -0.25) is 0 Å². The monoisotopic (exact) mass is 185 g/mol. The van der Waals surface area contributed by atoms with Crippen LogP contribution in [-0.4, -0.2) is 29.4 Å². The van der Waals surface area contributed by atoms with E-state index in [0.29, 0.717) is 0 Å². The van der Waals surface area contributed by atoms with Gasteiger partial charge in [0.15, 0.2) is 0 Å². The minimum Gasteiger partial charge on any atom is -0.464 e. The maximum absolute atomic E-state index is 10.8. The van der Waals surface area contributed by atoms with Gasteiger partial charge < -0.3 is 4.74 Å². The van der Waals surface area contributed by atoms with Crippen molar-refractivity contribution in [2.45, 2.75) is 0 Å². The molecule has 1 aromatic heterocycles. The number of hydrogen-bond donors (Lipinski definition) is 0. The molecule has 12 heavy (non-hydrogen) atoms. The van der Waals surface area contributed by atoms with Crippen molar-refractivity contribution in [1.29, 1.82) is 0 Å². The van der Waals surface area contributed by atoms with Crippen LogP contribution in [0.15, 0.2) is 4.99 Å². The van der Waals surface area contributed by atoms with Crippen LogP contribution in [-0.2, 0) is 9.53 Å². The van der Waals surface area contributed by atoms with Crippen LogP contribution in [0.4, 0.5) is 5.13 Å². The number of aliphatic imine (C=N–C) groups is 1. The van der Waals surface area contributed by atoms with E-state index in [0.717, 1.165) is 11.3 Å². The van der Waals surface area contributed by atoms with Crippen molar-refractivity contribution in [1.82, 2.24) is 10.2 Å². The van der Waals surface area contributed by atoms with Crippen LogP contribution in [0, 0.1) is 0 Å². The summed E-state index contributed by atoms with van der Waals surface area (Å²) in [5, 5.41) is 6.99. The Balaban J connectivity index is 2.91. The molecule has 0 unspecified atom stereocenters. The maximum atomic E-state index is 10.8. The number of aromatic nitrogens is 2. The quantitative estimate of drug-likeness (QED) is 0.375. The van der Waals surface area contributed by atoms with Crippen LogP contribution < -0.4 is 0 Å². The van der Waals surface area contributed by atoms with E-state index in [1.165, 1.54) is 13.2 Å². The lowest BCUT2D eigenvalue weighted by Crippen LogP contribution is -1.99. The van der Waals surface area contributed by atoms with Crippen LogP contribution in [0.2, 0.25) is 0 Å². The Morgan fingerprint density at radius 2 is 2.42 bits per heavy atom. The number of esters is 1. The van der Waals surface area contributed by atoms with Crippen LogP contribution in [0.3, 0.4) is 0 Å². The Hall–Kier alpha value is -1.59. The standard InChI is InChI=1S/C5H3N3O3S/c1-11-4(10)3-7-8-5(12-3)6-2-9/h1H3. The zero-order valence-electron chi connectivity index (χ0n) is 5.97. The van der Waals surface area contributed by atoms with Crippen molar-refractivity contribution in [3.8, 4) is 0 Å². The second-order valence-electron chi connectivity index (χ2n) is 1.58. The predicted octanol–water partition coefficient (Wildman–Crippen LogP) is 0.292. The molecule has 0 aliphatic heterocycles. The lowest BCUT2D eigenvalue weighted by Gasteiger charge is -1.87. The number of ether oxygens (including phenoxy) is 1. The van der Waals surface area contributed by atoms with E-state index >= 15 is 0 Å². The fourth-order valence-corrected chi connectivity index (χ4v) is 1.06. The Kier molecular flexibility index (Phi) is 2.62. The van der Waals surface area contributed by atoms with Crippen LogP contribution in [0.25, 0.3) is 0 Å². The summed E-state index contributed by atoms with van der Waals surface area (Å²) in [5.41, 5.74) is 0. The molecule has 62 valence electrons. The first-order chi connectivity index (χ1) is 5.77. The zero-order chi connectivity index (χ0) is 8.97. The zero-order valence-corrected chi connectivity index (χ0v) is 6.79. The number of carbonyl (C=O) groups excluding carboxylic acids is 2. The number of methoxy groups -OCH3 is 1. The molecular weight excluding hydrogens is 182 g/mol. The highest BCUT2D eigenvalue weighted by molar-refractivity contribution is 7.16. The van der Waals surface area contributed by atoms with E-state index in [1.807, 2.05) is 0 Å². The molecule has 0 aromatic carbocycles. The first-order valence-electron chi connectivity index (χ1n) is 2.77. The van der Waals surface area contributed by atoms with Crippen molar-refractivity contribution < 1.29 is 14.3 Å². The Labute approximate surface area is 70.9 Å². The number of carbonyl (C=O) groups is 1. The van der Waals surface area contributed by atoms with E-state index < -0.39 is 5.97 Å². The molecule has 0 fully saturated rings. The van der Waals surface area contributed by atoms with Crippen molar-refractivity contribution in [3.63, 3.8) is 0 Å². The van der Waals surface area contributed by atoms with Crippen LogP contribution >= 0.6 is 11.3 Å². The number of hydrogen-bond acceptors (Lipinski definition) is 7. The van der Waals surface area contributed by atoms with Gasteiger partial charge in [0.1, 0.15) is 0 Å². The molecule has 0 saturated heterocycles. The summed E-state index contributed by atoms with van der Waals surface area (Å²) in [6.45, 7) is 0. The Bertz CT molecular complexity index is 341. The number of isocyanates is 1. The van der Waals surface area contributed by atoms with Gasteiger partial charge in [0.25, 0.3) is 0 Å². The van der Waals surface area contributed by atoms with Gasteiger partial charge in [0.2, 0.25) is 16.2 Å². The van der Waals surface area contributed by atoms with Gasteiger partial charge in [0, 0.05) is 0 Å². The van der Waals surface area contributed by atoms with E-state index in [9.17, 15) is 9.59 Å². The van der Waals surface area contributed by atoms with E-state index in [4.69, 9.17) is 0 Å². The maximum Gasteiger partial charge on any atom is 0.369 e. The third-order valence-corrected chi connectivity index (χ3v) is 1.71.